The van der Waals surface area contributed by atoms with Crippen molar-refractivity contribution in [1.29, 1.82) is 0 Å². The highest BCUT2D eigenvalue weighted by atomic mass is 35.5. The molecule has 0 amide bonds. The number of hydrogen-bond acceptors (Lipinski definition) is 3. The maximum Gasteiger partial charge on any atom is 0.0593 e. The number of alkyl halides is 1. The molecule has 0 spiro atoms. The number of likely N-dealkylation sites (tertiary alicyclic amines) is 1. The van der Waals surface area contributed by atoms with Crippen LogP contribution in [0.25, 0.3) is 0 Å². The van der Waals surface area contributed by atoms with Gasteiger partial charge in [-0.3, -0.25) is 4.90 Å². The molecule has 1 aliphatic rings. The van der Waals surface area contributed by atoms with Gasteiger partial charge in [-0.15, -0.1) is 11.6 Å². The van der Waals surface area contributed by atoms with Crippen LogP contribution in [0.2, 0.25) is 0 Å². The molecule has 1 heterocycles. The summed E-state index contributed by atoms with van der Waals surface area (Å²) in [5.74, 6) is 0.754. The normalized spacial score (nSPS) is 22.6. The zero-order chi connectivity index (χ0) is 12.3. The molecule has 4 heteroatoms. The molecule has 0 aromatic heterocycles. The zero-order valence-electron chi connectivity index (χ0n) is 11.0. The lowest BCUT2D eigenvalue weighted by Crippen LogP contribution is -2.38. The van der Waals surface area contributed by atoms with E-state index in [0.717, 1.165) is 38.7 Å². The molecule has 0 bridgehead atoms. The van der Waals surface area contributed by atoms with E-state index in [0.29, 0.717) is 6.04 Å². The first-order valence-corrected chi connectivity index (χ1v) is 7.28. The van der Waals surface area contributed by atoms with Crippen LogP contribution in [0.1, 0.15) is 32.1 Å². The quantitative estimate of drug-likeness (QED) is 0.496. The standard InChI is InChI=1S/C13H26ClNO2/c1-16-9-5-10-17-11-8-15-7-4-2-3-6-13(15)12-14/h13H,2-12H2,1H3. The fourth-order valence-electron chi connectivity index (χ4n) is 2.30. The van der Waals surface area contributed by atoms with Crippen molar-refractivity contribution < 1.29 is 9.47 Å². The average molecular weight is 264 g/mol. The Morgan fingerprint density at radius 1 is 1.18 bits per heavy atom. The molecule has 1 saturated heterocycles. The summed E-state index contributed by atoms with van der Waals surface area (Å²) < 4.78 is 10.6. The number of ether oxygens (including phenoxy) is 2. The van der Waals surface area contributed by atoms with Crippen LogP contribution in [-0.2, 0) is 9.47 Å². The van der Waals surface area contributed by atoms with E-state index in [1.165, 1.54) is 32.2 Å². The van der Waals surface area contributed by atoms with Crippen LogP contribution < -0.4 is 0 Å². The molecule has 1 atom stereocenters. The van der Waals surface area contributed by atoms with Gasteiger partial charge in [0.2, 0.25) is 0 Å². The van der Waals surface area contributed by atoms with Crippen LogP contribution in [0.3, 0.4) is 0 Å². The third kappa shape index (κ3) is 6.61. The Balaban J connectivity index is 2.10. The van der Waals surface area contributed by atoms with Gasteiger partial charge in [-0.1, -0.05) is 12.8 Å². The molecular weight excluding hydrogens is 238 g/mol. The Kier molecular flexibility index (Phi) is 9.07. The van der Waals surface area contributed by atoms with E-state index in [1.807, 2.05) is 0 Å². The van der Waals surface area contributed by atoms with Crippen molar-refractivity contribution in [2.24, 2.45) is 0 Å². The van der Waals surface area contributed by atoms with Gasteiger partial charge in [0.1, 0.15) is 0 Å². The van der Waals surface area contributed by atoms with Crippen LogP contribution in [0.5, 0.6) is 0 Å². The zero-order valence-corrected chi connectivity index (χ0v) is 11.8. The van der Waals surface area contributed by atoms with Gasteiger partial charge >= 0.3 is 0 Å². The van der Waals surface area contributed by atoms with Gasteiger partial charge in [0.25, 0.3) is 0 Å². The number of nitrogens with zero attached hydrogens (tertiary/aromatic N) is 1. The highest BCUT2D eigenvalue weighted by Crippen LogP contribution is 2.17. The van der Waals surface area contributed by atoms with Gasteiger partial charge in [-0.2, -0.15) is 0 Å². The third-order valence-electron chi connectivity index (χ3n) is 3.34. The number of hydrogen-bond donors (Lipinski definition) is 0. The minimum Gasteiger partial charge on any atom is -0.385 e. The monoisotopic (exact) mass is 263 g/mol. The van der Waals surface area contributed by atoms with Crippen molar-refractivity contribution in [3.05, 3.63) is 0 Å². The lowest BCUT2D eigenvalue weighted by Gasteiger charge is -2.28. The van der Waals surface area contributed by atoms with Crippen LogP contribution in [-0.4, -0.2) is 56.8 Å². The van der Waals surface area contributed by atoms with E-state index in [1.54, 1.807) is 7.11 Å². The third-order valence-corrected chi connectivity index (χ3v) is 3.69. The Bertz CT molecular complexity index is 181. The van der Waals surface area contributed by atoms with Crippen LogP contribution in [0, 0.1) is 0 Å². The summed E-state index contributed by atoms with van der Waals surface area (Å²) in [7, 11) is 1.72. The van der Waals surface area contributed by atoms with Crippen molar-refractivity contribution in [2.45, 2.75) is 38.1 Å². The molecular formula is C13H26ClNO2. The van der Waals surface area contributed by atoms with Gasteiger partial charge < -0.3 is 9.47 Å². The van der Waals surface area contributed by atoms with Gasteiger partial charge in [0.05, 0.1) is 6.61 Å². The highest BCUT2D eigenvalue weighted by molar-refractivity contribution is 6.18. The Morgan fingerprint density at radius 2 is 2.06 bits per heavy atom. The smallest absolute Gasteiger partial charge is 0.0593 e. The molecule has 102 valence electrons. The van der Waals surface area contributed by atoms with Gasteiger partial charge in [-0.05, 0) is 25.8 Å². The molecule has 0 aliphatic carbocycles. The molecule has 17 heavy (non-hydrogen) atoms. The summed E-state index contributed by atoms with van der Waals surface area (Å²) >= 11 is 6.03. The first-order valence-electron chi connectivity index (χ1n) is 6.75. The molecule has 1 rings (SSSR count). The Hall–Kier alpha value is 0.170. The van der Waals surface area contributed by atoms with Gasteiger partial charge in [0, 0.05) is 38.8 Å². The van der Waals surface area contributed by atoms with Crippen molar-refractivity contribution in [1.82, 2.24) is 4.90 Å². The van der Waals surface area contributed by atoms with Crippen molar-refractivity contribution in [3.63, 3.8) is 0 Å². The lowest BCUT2D eigenvalue weighted by molar-refractivity contribution is 0.0754. The number of methoxy groups -OCH3 is 1. The topological polar surface area (TPSA) is 21.7 Å². The molecule has 1 fully saturated rings. The van der Waals surface area contributed by atoms with E-state index in [-0.39, 0.29) is 0 Å². The molecule has 0 aromatic rings. The van der Waals surface area contributed by atoms with E-state index in [9.17, 15) is 0 Å². The molecule has 3 nitrogen and oxygen atoms in total. The predicted molar refractivity (Wildman–Crippen MR) is 71.9 cm³/mol. The van der Waals surface area contributed by atoms with Gasteiger partial charge in [0.15, 0.2) is 0 Å². The first-order chi connectivity index (χ1) is 8.38. The Morgan fingerprint density at radius 3 is 2.82 bits per heavy atom. The summed E-state index contributed by atoms with van der Waals surface area (Å²) in [6.07, 6.45) is 6.20. The average Bonchev–Trinajstić information content (AvgIpc) is 2.58. The Labute approximate surface area is 110 Å². The summed E-state index contributed by atoms with van der Waals surface area (Å²) in [5, 5.41) is 0. The van der Waals surface area contributed by atoms with Crippen molar-refractivity contribution in [2.75, 3.05) is 45.9 Å². The number of halogens is 1. The second kappa shape index (κ2) is 10.1. The van der Waals surface area contributed by atoms with E-state index >= 15 is 0 Å². The fraction of sp³-hybridized carbons (Fsp3) is 1.00. The molecule has 1 aliphatic heterocycles. The first kappa shape index (κ1) is 15.2. The molecule has 1 unspecified atom stereocenters. The van der Waals surface area contributed by atoms with E-state index in [2.05, 4.69) is 4.90 Å². The minimum absolute atomic E-state index is 0.557. The minimum atomic E-state index is 0.557. The second-order valence-electron chi connectivity index (χ2n) is 4.65. The largest absolute Gasteiger partial charge is 0.385 e. The van der Waals surface area contributed by atoms with Crippen LogP contribution >= 0.6 is 11.6 Å². The van der Waals surface area contributed by atoms with Crippen molar-refractivity contribution in [3.8, 4) is 0 Å². The summed E-state index contributed by atoms with van der Waals surface area (Å²) in [5.41, 5.74) is 0. The highest BCUT2D eigenvalue weighted by Gasteiger charge is 2.19. The molecule has 0 radical (unpaired) electrons. The molecule has 0 saturated carbocycles. The fourth-order valence-corrected chi connectivity index (χ4v) is 2.64. The summed E-state index contributed by atoms with van der Waals surface area (Å²) in [4.78, 5) is 2.50. The van der Waals surface area contributed by atoms with E-state index < -0.39 is 0 Å². The maximum atomic E-state index is 6.03. The van der Waals surface area contributed by atoms with Crippen LogP contribution in [0.4, 0.5) is 0 Å². The summed E-state index contributed by atoms with van der Waals surface area (Å²) in [6.45, 7) is 4.60. The summed E-state index contributed by atoms with van der Waals surface area (Å²) in [6, 6.07) is 0.557. The lowest BCUT2D eigenvalue weighted by atomic mass is 10.1. The van der Waals surface area contributed by atoms with Crippen LogP contribution in [0.15, 0.2) is 0 Å². The SMILES string of the molecule is COCCCOCCN1CCCCCC1CCl. The van der Waals surface area contributed by atoms with Crippen molar-refractivity contribution >= 4 is 11.6 Å². The van der Waals surface area contributed by atoms with Gasteiger partial charge in [-0.25, -0.2) is 0 Å². The molecule has 0 aromatic carbocycles. The molecule has 0 N–H and O–H groups in total. The number of rotatable bonds is 8. The van der Waals surface area contributed by atoms with E-state index in [4.69, 9.17) is 21.1 Å². The second-order valence-corrected chi connectivity index (χ2v) is 4.96. The predicted octanol–water partition coefficient (Wildman–Crippen LogP) is 2.52. The maximum absolute atomic E-state index is 6.03.